The molecule has 1 N–H and O–H groups in total. The van der Waals surface area contributed by atoms with Crippen molar-refractivity contribution in [2.45, 2.75) is 24.8 Å². The molecule has 3 rings (SSSR count). The Morgan fingerprint density at radius 1 is 1.28 bits per heavy atom. The molecule has 1 aliphatic carbocycles. The van der Waals surface area contributed by atoms with Gasteiger partial charge in [0.2, 0.25) is 0 Å². The van der Waals surface area contributed by atoms with Crippen molar-refractivity contribution in [3.8, 4) is 0 Å². The van der Waals surface area contributed by atoms with Crippen molar-refractivity contribution in [3.63, 3.8) is 0 Å². The van der Waals surface area contributed by atoms with Crippen LogP contribution in [0, 0.1) is 0 Å². The lowest BCUT2D eigenvalue weighted by Crippen LogP contribution is -2.21. The second-order valence-corrected chi connectivity index (χ2v) is 6.50. The predicted octanol–water partition coefficient (Wildman–Crippen LogP) is 4.39. The van der Waals surface area contributed by atoms with Crippen LogP contribution in [0.15, 0.2) is 36.4 Å². The summed E-state index contributed by atoms with van der Waals surface area (Å²) < 4.78 is 0.872. The number of benzene rings is 1. The zero-order valence-electron chi connectivity index (χ0n) is 10.3. The lowest BCUT2D eigenvalue weighted by atomic mass is 9.92. The molecule has 0 radical (unpaired) electrons. The van der Waals surface area contributed by atoms with Crippen LogP contribution in [0.4, 0.5) is 0 Å². The van der Waals surface area contributed by atoms with E-state index in [2.05, 4.69) is 35.6 Å². The standard InChI is InChI=1S/C15H16ClNS/c1-17-15(13-8-9-14(16)18-13)12-7-6-10-4-2-3-5-11(10)12/h2-5,8-9,12,15,17H,6-7H2,1H3. The fourth-order valence-corrected chi connectivity index (χ4v) is 4.21. The smallest absolute Gasteiger partial charge is 0.0931 e. The fraction of sp³-hybridized carbons (Fsp3) is 0.333. The Balaban J connectivity index is 1.95. The molecule has 1 heterocycles. The van der Waals surface area contributed by atoms with Gasteiger partial charge < -0.3 is 5.32 Å². The van der Waals surface area contributed by atoms with Crippen LogP contribution in [-0.2, 0) is 6.42 Å². The maximum Gasteiger partial charge on any atom is 0.0931 e. The van der Waals surface area contributed by atoms with Gasteiger partial charge in [-0.25, -0.2) is 0 Å². The Morgan fingerprint density at radius 2 is 2.11 bits per heavy atom. The van der Waals surface area contributed by atoms with Crippen LogP contribution in [0.2, 0.25) is 4.34 Å². The van der Waals surface area contributed by atoms with Crippen LogP contribution in [0.1, 0.15) is 34.4 Å². The van der Waals surface area contributed by atoms with Crippen LogP contribution >= 0.6 is 22.9 Å². The lowest BCUT2D eigenvalue weighted by molar-refractivity contribution is 0.483. The average Bonchev–Trinajstić information content (AvgIpc) is 2.98. The molecular weight excluding hydrogens is 262 g/mol. The number of nitrogens with one attached hydrogen (secondary N) is 1. The number of thiophene rings is 1. The van der Waals surface area contributed by atoms with E-state index in [0.29, 0.717) is 12.0 Å². The van der Waals surface area contributed by atoms with Crippen molar-refractivity contribution in [3.05, 3.63) is 56.7 Å². The second-order valence-electron chi connectivity index (χ2n) is 4.75. The minimum Gasteiger partial charge on any atom is -0.312 e. The Hall–Kier alpha value is -0.830. The Kier molecular flexibility index (Phi) is 3.42. The summed E-state index contributed by atoms with van der Waals surface area (Å²) in [5.41, 5.74) is 3.01. The maximum atomic E-state index is 6.06. The van der Waals surface area contributed by atoms with Crippen LogP contribution in [-0.4, -0.2) is 7.05 Å². The van der Waals surface area contributed by atoms with Crippen molar-refractivity contribution < 1.29 is 0 Å². The van der Waals surface area contributed by atoms with Gasteiger partial charge in [0, 0.05) is 16.8 Å². The third-order valence-electron chi connectivity index (χ3n) is 3.79. The predicted molar refractivity (Wildman–Crippen MR) is 78.6 cm³/mol. The highest BCUT2D eigenvalue weighted by atomic mass is 35.5. The molecule has 0 saturated heterocycles. The Morgan fingerprint density at radius 3 is 2.83 bits per heavy atom. The third-order valence-corrected chi connectivity index (χ3v) is 5.11. The first-order valence-electron chi connectivity index (χ1n) is 6.30. The second kappa shape index (κ2) is 5.04. The van der Waals surface area contributed by atoms with Crippen molar-refractivity contribution in [1.29, 1.82) is 0 Å². The van der Waals surface area contributed by atoms with Gasteiger partial charge in [-0.05, 0) is 43.1 Å². The zero-order valence-corrected chi connectivity index (χ0v) is 11.9. The molecule has 0 aliphatic heterocycles. The van der Waals surface area contributed by atoms with E-state index in [1.165, 1.54) is 28.8 Å². The number of likely N-dealkylation sites (N-methyl/N-ethyl adjacent to an activating group) is 1. The molecule has 1 aromatic heterocycles. The van der Waals surface area contributed by atoms with Crippen LogP contribution in [0.3, 0.4) is 0 Å². The van der Waals surface area contributed by atoms with E-state index in [9.17, 15) is 0 Å². The van der Waals surface area contributed by atoms with E-state index >= 15 is 0 Å². The van der Waals surface area contributed by atoms with Gasteiger partial charge in [0.15, 0.2) is 0 Å². The molecule has 3 heteroatoms. The molecule has 0 bridgehead atoms. The molecule has 1 aromatic carbocycles. The average molecular weight is 278 g/mol. The summed E-state index contributed by atoms with van der Waals surface area (Å²) in [6.45, 7) is 0. The summed E-state index contributed by atoms with van der Waals surface area (Å²) in [6, 6.07) is 13.3. The molecule has 1 nitrogen and oxygen atoms in total. The van der Waals surface area contributed by atoms with Gasteiger partial charge in [-0.1, -0.05) is 35.9 Å². The van der Waals surface area contributed by atoms with Crippen molar-refractivity contribution in [2.24, 2.45) is 0 Å². The summed E-state index contributed by atoms with van der Waals surface area (Å²) in [5.74, 6) is 0.570. The molecule has 2 unspecified atom stereocenters. The molecule has 2 atom stereocenters. The van der Waals surface area contributed by atoms with E-state index in [1.807, 2.05) is 13.1 Å². The molecule has 2 aromatic rings. The first-order chi connectivity index (χ1) is 8.79. The summed E-state index contributed by atoms with van der Waals surface area (Å²) in [6.07, 6.45) is 2.42. The largest absolute Gasteiger partial charge is 0.312 e. The summed E-state index contributed by atoms with van der Waals surface area (Å²) in [7, 11) is 2.04. The first-order valence-corrected chi connectivity index (χ1v) is 7.49. The monoisotopic (exact) mass is 277 g/mol. The van der Waals surface area contributed by atoms with Crippen molar-refractivity contribution >= 4 is 22.9 Å². The maximum absolute atomic E-state index is 6.06. The lowest BCUT2D eigenvalue weighted by Gasteiger charge is -2.23. The van der Waals surface area contributed by atoms with Crippen LogP contribution in [0.25, 0.3) is 0 Å². The minimum atomic E-state index is 0.381. The number of aryl methyl sites for hydroxylation is 1. The number of fused-ring (bicyclic) bond motifs is 1. The van der Waals surface area contributed by atoms with Gasteiger partial charge in [-0.2, -0.15) is 0 Å². The normalized spacial score (nSPS) is 19.8. The van der Waals surface area contributed by atoms with Crippen LogP contribution in [0.5, 0.6) is 0 Å². The molecular formula is C15H16ClNS. The number of hydrogen-bond acceptors (Lipinski definition) is 2. The minimum absolute atomic E-state index is 0.381. The Bertz CT molecular complexity index is 549. The van der Waals surface area contributed by atoms with E-state index in [1.54, 1.807) is 11.3 Å². The molecule has 1 aliphatic rings. The van der Waals surface area contributed by atoms with Gasteiger partial charge in [-0.15, -0.1) is 11.3 Å². The van der Waals surface area contributed by atoms with Crippen LogP contribution < -0.4 is 5.32 Å². The van der Waals surface area contributed by atoms with E-state index in [0.717, 1.165) is 4.34 Å². The van der Waals surface area contributed by atoms with Gasteiger partial charge in [0.05, 0.1) is 4.34 Å². The highest BCUT2D eigenvalue weighted by molar-refractivity contribution is 7.16. The first kappa shape index (κ1) is 12.2. The quantitative estimate of drug-likeness (QED) is 0.877. The van der Waals surface area contributed by atoms with Gasteiger partial charge in [0.1, 0.15) is 0 Å². The van der Waals surface area contributed by atoms with E-state index in [4.69, 9.17) is 11.6 Å². The van der Waals surface area contributed by atoms with Gasteiger partial charge in [0.25, 0.3) is 0 Å². The highest BCUT2D eigenvalue weighted by Gasteiger charge is 2.30. The Labute approximate surface area is 117 Å². The summed E-state index contributed by atoms with van der Waals surface area (Å²) in [5, 5.41) is 3.47. The van der Waals surface area contributed by atoms with E-state index < -0.39 is 0 Å². The van der Waals surface area contributed by atoms with Crippen molar-refractivity contribution in [2.75, 3.05) is 7.05 Å². The summed E-state index contributed by atoms with van der Waals surface area (Å²) >= 11 is 7.74. The number of halogens is 1. The summed E-state index contributed by atoms with van der Waals surface area (Å²) in [4.78, 5) is 1.34. The van der Waals surface area contributed by atoms with Gasteiger partial charge in [-0.3, -0.25) is 0 Å². The van der Waals surface area contributed by atoms with Gasteiger partial charge >= 0.3 is 0 Å². The topological polar surface area (TPSA) is 12.0 Å². The SMILES string of the molecule is CNC(c1ccc(Cl)s1)C1CCc2ccccc21. The molecule has 18 heavy (non-hydrogen) atoms. The molecule has 94 valence electrons. The molecule has 0 saturated carbocycles. The molecule has 0 amide bonds. The number of rotatable bonds is 3. The fourth-order valence-electron chi connectivity index (χ4n) is 2.97. The third kappa shape index (κ3) is 2.09. The molecule has 0 fully saturated rings. The van der Waals surface area contributed by atoms with Crippen molar-refractivity contribution in [1.82, 2.24) is 5.32 Å². The zero-order chi connectivity index (χ0) is 12.5. The number of hydrogen-bond donors (Lipinski definition) is 1. The van der Waals surface area contributed by atoms with E-state index in [-0.39, 0.29) is 0 Å². The molecule has 0 spiro atoms. The highest BCUT2D eigenvalue weighted by Crippen LogP contribution is 2.43.